The van der Waals surface area contributed by atoms with Crippen molar-refractivity contribution in [1.29, 1.82) is 0 Å². The van der Waals surface area contributed by atoms with Crippen molar-refractivity contribution >= 4 is 0 Å². The third kappa shape index (κ3) is 2.88. The van der Waals surface area contributed by atoms with Crippen LogP contribution in [0, 0.1) is 12.8 Å². The van der Waals surface area contributed by atoms with Gasteiger partial charge in [0.1, 0.15) is 11.5 Å². The molecule has 0 aromatic carbocycles. The van der Waals surface area contributed by atoms with Crippen LogP contribution in [0.5, 0.6) is 0 Å². The van der Waals surface area contributed by atoms with E-state index in [0.717, 1.165) is 42.5 Å². The number of nitrogens with zero attached hydrogens (tertiary/aromatic N) is 4. The number of hydrogen-bond donors (Lipinski definition) is 1. The van der Waals surface area contributed by atoms with Crippen molar-refractivity contribution in [1.82, 2.24) is 24.8 Å². The van der Waals surface area contributed by atoms with Gasteiger partial charge in [-0.3, -0.25) is 0 Å². The second-order valence-corrected chi connectivity index (χ2v) is 5.57. The molecule has 0 bridgehead atoms. The van der Waals surface area contributed by atoms with E-state index in [1.165, 1.54) is 12.8 Å². The van der Waals surface area contributed by atoms with E-state index in [9.17, 15) is 0 Å². The number of nitrogens with one attached hydrogen (secondary N) is 1. The molecule has 1 fully saturated rings. The Morgan fingerprint density at radius 1 is 1.30 bits per heavy atom. The van der Waals surface area contributed by atoms with Crippen LogP contribution in [-0.2, 0) is 13.5 Å². The zero-order valence-corrected chi connectivity index (χ0v) is 12.1. The van der Waals surface area contributed by atoms with Gasteiger partial charge in [0.25, 0.3) is 0 Å². The Labute approximate surface area is 119 Å². The standard InChI is InChI=1S/C15H21N5/c1-11-9-13(15-17-7-8-20(15)2)19-14(18-11)10-12-3-5-16-6-4-12/h7-9,12,16H,3-6,10H2,1-2H3. The van der Waals surface area contributed by atoms with E-state index in [2.05, 4.69) is 15.3 Å². The first-order chi connectivity index (χ1) is 9.72. The molecule has 0 amide bonds. The van der Waals surface area contributed by atoms with Gasteiger partial charge in [-0.25, -0.2) is 15.0 Å². The van der Waals surface area contributed by atoms with Crippen LogP contribution in [0.25, 0.3) is 11.5 Å². The summed E-state index contributed by atoms with van der Waals surface area (Å²) < 4.78 is 2.00. The number of hydrogen-bond acceptors (Lipinski definition) is 4. The van der Waals surface area contributed by atoms with Crippen molar-refractivity contribution < 1.29 is 0 Å². The molecule has 0 spiro atoms. The first-order valence-electron chi connectivity index (χ1n) is 7.25. The number of imidazole rings is 1. The number of piperidine rings is 1. The lowest BCUT2D eigenvalue weighted by molar-refractivity contribution is 0.367. The third-order valence-electron chi connectivity index (χ3n) is 3.88. The minimum absolute atomic E-state index is 0.701. The fraction of sp³-hybridized carbons (Fsp3) is 0.533. The van der Waals surface area contributed by atoms with Crippen LogP contribution in [0.2, 0.25) is 0 Å². The topological polar surface area (TPSA) is 55.6 Å². The average Bonchev–Trinajstić information content (AvgIpc) is 2.85. The Morgan fingerprint density at radius 3 is 2.80 bits per heavy atom. The van der Waals surface area contributed by atoms with Crippen LogP contribution in [0.1, 0.15) is 24.4 Å². The van der Waals surface area contributed by atoms with Gasteiger partial charge in [-0.05, 0) is 44.8 Å². The van der Waals surface area contributed by atoms with Crippen molar-refractivity contribution in [3.8, 4) is 11.5 Å². The maximum absolute atomic E-state index is 4.72. The summed E-state index contributed by atoms with van der Waals surface area (Å²) in [4.78, 5) is 13.7. The lowest BCUT2D eigenvalue weighted by Crippen LogP contribution is -2.29. The zero-order chi connectivity index (χ0) is 13.9. The second kappa shape index (κ2) is 5.71. The molecular formula is C15H21N5. The van der Waals surface area contributed by atoms with E-state index < -0.39 is 0 Å². The molecule has 1 aliphatic heterocycles. The predicted molar refractivity (Wildman–Crippen MR) is 78.3 cm³/mol. The maximum atomic E-state index is 4.72. The Kier molecular flexibility index (Phi) is 3.78. The van der Waals surface area contributed by atoms with Gasteiger partial charge in [-0.1, -0.05) is 0 Å². The van der Waals surface area contributed by atoms with Crippen molar-refractivity contribution in [2.45, 2.75) is 26.2 Å². The lowest BCUT2D eigenvalue weighted by atomic mass is 9.94. The summed E-state index contributed by atoms with van der Waals surface area (Å²) in [5, 5.41) is 3.40. The first kappa shape index (κ1) is 13.2. The molecule has 3 heterocycles. The molecular weight excluding hydrogens is 250 g/mol. The largest absolute Gasteiger partial charge is 0.333 e. The van der Waals surface area contributed by atoms with Crippen LogP contribution >= 0.6 is 0 Å². The summed E-state index contributed by atoms with van der Waals surface area (Å²) in [7, 11) is 1.99. The zero-order valence-electron chi connectivity index (χ0n) is 12.1. The molecule has 2 aromatic rings. The van der Waals surface area contributed by atoms with Crippen LogP contribution in [0.15, 0.2) is 18.5 Å². The van der Waals surface area contributed by atoms with Crippen LogP contribution in [0.3, 0.4) is 0 Å². The molecule has 5 nitrogen and oxygen atoms in total. The summed E-state index contributed by atoms with van der Waals surface area (Å²) in [6, 6.07) is 2.01. The minimum atomic E-state index is 0.701. The molecule has 0 atom stereocenters. The van der Waals surface area contributed by atoms with Crippen molar-refractivity contribution in [3.05, 3.63) is 30.0 Å². The highest BCUT2D eigenvalue weighted by atomic mass is 15.1. The summed E-state index contributed by atoms with van der Waals surface area (Å²) in [5.74, 6) is 2.56. The molecule has 1 saturated heterocycles. The van der Waals surface area contributed by atoms with Crippen LogP contribution < -0.4 is 5.32 Å². The Balaban J connectivity index is 1.85. The van der Waals surface area contributed by atoms with E-state index in [-0.39, 0.29) is 0 Å². The van der Waals surface area contributed by atoms with Crippen LogP contribution in [-0.4, -0.2) is 32.6 Å². The normalized spacial score (nSPS) is 16.5. The van der Waals surface area contributed by atoms with Gasteiger partial charge in [-0.2, -0.15) is 0 Å². The molecule has 0 radical (unpaired) electrons. The Morgan fingerprint density at radius 2 is 2.10 bits per heavy atom. The Bertz CT molecular complexity index is 584. The van der Waals surface area contributed by atoms with E-state index in [4.69, 9.17) is 4.98 Å². The van der Waals surface area contributed by atoms with E-state index in [1.54, 1.807) is 6.20 Å². The van der Waals surface area contributed by atoms with Crippen LogP contribution in [0.4, 0.5) is 0 Å². The molecule has 1 aliphatic rings. The highest BCUT2D eigenvalue weighted by Gasteiger charge is 2.16. The molecule has 1 N–H and O–H groups in total. The molecule has 20 heavy (non-hydrogen) atoms. The molecule has 0 unspecified atom stereocenters. The molecule has 106 valence electrons. The highest BCUT2D eigenvalue weighted by Crippen LogP contribution is 2.19. The fourth-order valence-electron chi connectivity index (χ4n) is 2.79. The van der Waals surface area contributed by atoms with E-state index in [0.29, 0.717) is 5.92 Å². The van der Waals surface area contributed by atoms with Gasteiger partial charge in [-0.15, -0.1) is 0 Å². The van der Waals surface area contributed by atoms with Gasteiger partial charge in [0.2, 0.25) is 0 Å². The summed E-state index contributed by atoms with van der Waals surface area (Å²) >= 11 is 0. The van der Waals surface area contributed by atoms with Crippen molar-refractivity contribution in [3.63, 3.8) is 0 Å². The molecule has 0 aliphatic carbocycles. The summed E-state index contributed by atoms with van der Waals surface area (Å²) in [6.45, 7) is 4.26. The quantitative estimate of drug-likeness (QED) is 0.923. The molecule has 5 heteroatoms. The van der Waals surface area contributed by atoms with Crippen molar-refractivity contribution in [2.24, 2.45) is 13.0 Å². The summed E-state index contributed by atoms with van der Waals surface area (Å²) in [5.41, 5.74) is 1.94. The molecule has 2 aromatic heterocycles. The third-order valence-corrected chi connectivity index (χ3v) is 3.88. The number of aryl methyl sites for hydroxylation is 2. The lowest BCUT2D eigenvalue weighted by Gasteiger charge is -2.22. The predicted octanol–water partition coefficient (Wildman–Crippen LogP) is 1.73. The fourth-order valence-corrected chi connectivity index (χ4v) is 2.79. The maximum Gasteiger partial charge on any atom is 0.158 e. The van der Waals surface area contributed by atoms with Gasteiger partial charge in [0.15, 0.2) is 5.82 Å². The van der Waals surface area contributed by atoms with Gasteiger partial charge in [0, 0.05) is 31.6 Å². The first-order valence-corrected chi connectivity index (χ1v) is 7.25. The smallest absolute Gasteiger partial charge is 0.158 e. The Hall–Kier alpha value is -1.75. The highest BCUT2D eigenvalue weighted by molar-refractivity contribution is 5.50. The monoisotopic (exact) mass is 271 g/mol. The van der Waals surface area contributed by atoms with E-state index in [1.807, 2.05) is 30.8 Å². The average molecular weight is 271 g/mol. The van der Waals surface area contributed by atoms with E-state index >= 15 is 0 Å². The minimum Gasteiger partial charge on any atom is -0.333 e. The summed E-state index contributed by atoms with van der Waals surface area (Å²) in [6.07, 6.45) is 7.16. The number of rotatable bonds is 3. The van der Waals surface area contributed by atoms with Gasteiger partial charge >= 0.3 is 0 Å². The van der Waals surface area contributed by atoms with Crippen molar-refractivity contribution in [2.75, 3.05) is 13.1 Å². The van der Waals surface area contributed by atoms with Gasteiger partial charge in [0.05, 0.1) is 0 Å². The SMILES string of the molecule is Cc1cc(-c2nccn2C)nc(CC2CCNCC2)n1. The number of aromatic nitrogens is 4. The second-order valence-electron chi connectivity index (χ2n) is 5.57. The van der Waals surface area contributed by atoms with Gasteiger partial charge < -0.3 is 9.88 Å². The molecule has 3 rings (SSSR count). The molecule has 0 saturated carbocycles.